The molecule has 0 amide bonds. The average molecular weight is 219 g/mol. The first-order valence-corrected chi connectivity index (χ1v) is 5.21. The first-order chi connectivity index (χ1) is 7.69. The van der Waals surface area contributed by atoms with Crippen LogP contribution in [0.3, 0.4) is 0 Å². The molecule has 1 atom stereocenters. The SMILES string of the molecule is C=CCC(C)Nc1nc2ccc(F)cc2[nH]1. The molecule has 0 saturated heterocycles. The highest BCUT2D eigenvalue weighted by atomic mass is 19.1. The fraction of sp³-hybridized carbons (Fsp3) is 0.250. The third-order valence-electron chi connectivity index (χ3n) is 2.35. The van der Waals surface area contributed by atoms with Crippen LogP contribution in [0.2, 0.25) is 0 Å². The van der Waals surface area contributed by atoms with Crippen molar-refractivity contribution in [3.8, 4) is 0 Å². The summed E-state index contributed by atoms with van der Waals surface area (Å²) in [5.41, 5.74) is 1.46. The summed E-state index contributed by atoms with van der Waals surface area (Å²) in [6, 6.07) is 4.75. The normalized spacial score (nSPS) is 12.6. The van der Waals surface area contributed by atoms with E-state index < -0.39 is 0 Å². The Kier molecular flexibility index (Phi) is 2.90. The lowest BCUT2D eigenvalue weighted by atomic mass is 10.2. The zero-order chi connectivity index (χ0) is 11.5. The first kappa shape index (κ1) is 10.7. The van der Waals surface area contributed by atoms with Gasteiger partial charge in [0.05, 0.1) is 11.0 Å². The van der Waals surface area contributed by atoms with Gasteiger partial charge in [0.1, 0.15) is 5.82 Å². The first-order valence-electron chi connectivity index (χ1n) is 5.21. The predicted molar refractivity (Wildman–Crippen MR) is 64.0 cm³/mol. The molecule has 1 aromatic carbocycles. The molecule has 0 aliphatic heterocycles. The number of nitrogens with one attached hydrogen (secondary N) is 2. The summed E-state index contributed by atoms with van der Waals surface area (Å²) in [5.74, 6) is 0.400. The van der Waals surface area contributed by atoms with Gasteiger partial charge < -0.3 is 10.3 Å². The molecule has 84 valence electrons. The fourth-order valence-electron chi connectivity index (χ4n) is 1.59. The third-order valence-corrected chi connectivity index (χ3v) is 2.35. The van der Waals surface area contributed by atoms with Crippen LogP contribution in [-0.2, 0) is 0 Å². The van der Waals surface area contributed by atoms with E-state index in [1.54, 1.807) is 6.07 Å². The highest BCUT2D eigenvalue weighted by molar-refractivity contribution is 5.77. The molecule has 3 nitrogen and oxygen atoms in total. The smallest absolute Gasteiger partial charge is 0.201 e. The number of anilines is 1. The molecule has 0 fully saturated rings. The topological polar surface area (TPSA) is 40.7 Å². The molecule has 4 heteroatoms. The minimum Gasteiger partial charge on any atom is -0.353 e. The maximum atomic E-state index is 12.9. The van der Waals surface area contributed by atoms with E-state index in [-0.39, 0.29) is 11.9 Å². The number of halogens is 1. The van der Waals surface area contributed by atoms with Gasteiger partial charge in [-0.15, -0.1) is 6.58 Å². The Labute approximate surface area is 93.4 Å². The van der Waals surface area contributed by atoms with Gasteiger partial charge in [-0.1, -0.05) is 6.08 Å². The van der Waals surface area contributed by atoms with Crippen LogP contribution < -0.4 is 5.32 Å². The van der Waals surface area contributed by atoms with Crippen LogP contribution in [0.4, 0.5) is 10.3 Å². The van der Waals surface area contributed by atoms with Crippen molar-refractivity contribution in [1.82, 2.24) is 9.97 Å². The lowest BCUT2D eigenvalue weighted by molar-refractivity contribution is 0.629. The quantitative estimate of drug-likeness (QED) is 0.776. The van der Waals surface area contributed by atoms with Crippen LogP contribution in [-0.4, -0.2) is 16.0 Å². The zero-order valence-corrected chi connectivity index (χ0v) is 9.13. The second-order valence-corrected chi connectivity index (χ2v) is 3.82. The predicted octanol–water partition coefficient (Wildman–Crippen LogP) is 3.08. The number of hydrogen-bond acceptors (Lipinski definition) is 2. The van der Waals surface area contributed by atoms with Crippen molar-refractivity contribution in [2.75, 3.05) is 5.32 Å². The average Bonchev–Trinajstić information content (AvgIpc) is 2.59. The summed E-state index contributed by atoms with van der Waals surface area (Å²) >= 11 is 0. The Balaban J connectivity index is 2.22. The van der Waals surface area contributed by atoms with Crippen LogP contribution in [0.5, 0.6) is 0 Å². The van der Waals surface area contributed by atoms with Crippen molar-refractivity contribution in [3.05, 3.63) is 36.7 Å². The number of rotatable bonds is 4. The summed E-state index contributed by atoms with van der Waals surface area (Å²) in [6.45, 7) is 5.71. The van der Waals surface area contributed by atoms with Crippen molar-refractivity contribution >= 4 is 17.0 Å². The monoisotopic (exact) mass is 219 g/mol. The number of H-pyrrole nitrogens is 1. The van der Waals surface area contributed by atoms with Gasteiger partial charge >= 0.3 is 0 Å². The second-order valence-electron chi connectivity index (χ2n) is 3.82. The van der Waals surface area contributed by atoms with E-state index in [9.17, 15) is 4.39 Å². The van der Waals surface area contributed by atoms with Crippen LogP contribution in [0.25, 0.3) is 11.0 Å². The van der Waals surface area contributed by atoms with E-state index in [2.05, 4.69) is 21.9 Å². The van der Waals surface area contributed by atoms with E-state index >= 15 is 0 Å². The highest BCUT2D eigenvalue weighted by Gasteiger charge is 2.05. The maximum Gasteiger partial charge on any atom is 0.201 e. The lowest BCUT2D eigenvalue weighted by Gasteiger charge is -2.09. The summed E-state index contributed by atoms with van der Waals surface area (Å²) in [7, 11) is 0. The number of hydrogen-bond donors (Lipinski definition) is 2. The molecule has 1 aromatic heterocycles. The second kappa shape index (κ2) is 4.35. The highest BCUT2D eigenvalue weighted by Crippen LogP contribution is 2.16. The summed E-state index contributed by atoms with van der Waals surface area (Å²) in [5, 5.41) is 3.19. The Bertz CT molecular complexity index is 504. The Morgan fingerprint density at radius 2 is 2.44 bits per heavy atom. The molecule has 0 bridgehead atoms. The molecule has 1 heterocycles. The molecule has 0 radical (unpaired) electrons. The molecular formula is C12H14FN3. The van der Waals surface area contributed by atoms with E-state index in [4.69, 9.17) is 0 Å². The number of benzene rings is 1. The molecule has 0 aliphatic rings. The number of fused-ring (bicyclic) bond motifs is 1. The van der Waals surface area contributed by atoms with Crippen molar-refractivity contribution in [1.29, 1.82) is 0 Å². The van der Waals surface area contributed by atoms with Gasteiger partial charge in [0, 0.05) is 6.04 Å². The molecule has 2 N–H and O–H groups in total. The minimum absolute atomic E-state index is 0.253. The van der Waals surface area contributed by atoms with Gasteiger partial charge in [0.15, 0.2) is 0 Å². The van der Waals surface area contributed by atoms with E-state index in [0.717, 1.165) is 11.9 Å². The van der Waals surface area contributed by atoms with Crippen molar-refractivity contribution in [2.45, 2.75) is 19.4 Å². The van der Waals surface area contributed by atoms with Crippen LogP contribution in [0.15, 0.2) is 30.9 Å². The lowest BCUT2D eigenvalue weighted by Crippen LogP contribution is -2.14. The molecule has 0 aliphatic carbocycles. The van der Waals surface area contributed by atoms with Crippen LogP contribution >= 0.6 is 0 Å². The summed E-state index contributed by atoms with van der Waals surface area (Å²) in [6.07, 6.45) is 2.70. The minimum atomic E-state index is -0.262. The molecule has 16 heavy (non-hydrogen) atoms. The summed E-state index contributed by atoms with van der Waals surface area (Å²) < 4.78 is 12.9. The van der Waals surface area contributed by atoms with E-state index in [0.29, 0.717) is 11.5 Å². The Hall–Kier alpha value is -1.84. The number of nitrogens with zero attached hydrogens (tertiary/aromatic N) is 1. The molecule has 2 rings (SSSR count). The van der Waals surface area contributed by atoms with Crippen molar-refractivity contribution in [3.63, 3.8) is 0 Å². The van der Waals surface area contributed by atoms with Gasteiger partial charge in [-0.25, -0.2) is 9.37 Å². The van der Waals surface area contributed by atoms with Gasteiger partial charge in [0.25, 0.3) is 0 Å². The summed E-state index contributed by atoms with van der Waals surface area (Å²) in [4.78, 5) is 7.34. The number of aromatic amines is 1. The molecule has 0 spiro atoms. The zero-order valence-electron chi connectivity index (χ0n) is 9.13. The molecular weight excluding hydrogens is 205 g/mol. The third kappa shape index (κ3) is 2.21. The van der Waals surface area contributed by atoms with Crippen molar-refractivity contribution < 1.29 is 4.39 Å². The Morgan fingerprint density at radius 3 is 3.19 bits per heavy atom. The standard InChI is InChI=1S/C12H14FN3/c1-3-4-8(2)14-12-15-10-6-5-9(13)7-11(10)16-12/h3,5-8H,1,4H2,2H3,(H2,14,15,16). The molecule has 2 aromatic rings. The van der Waals surface area contributed by atoms with Gasteiger partial charge in [-0.05, 0) is 31.5 Å². The van der Waals surface area contributed by atoms with Crippen LogP contribution in [0, 0.1) is 5.82 Å². The van der Waals surface area contributed by atoms with Gasteiger partial charge in [-0.3, -0.25) is 0 Å². The number of aromatic nitrogens is 2. The Morgan fingerprint density at radius 1 is 1.62 bits per heavy atom. The fourth-order valence-corrected chi connectivity index (χ4v) is 1.59. The van der Waals surface area contributed by atoms with E-state index in [1.807, 2.05) is 13.0 Å². The van der Waals surface area contributed by atoms with Crippen molar-refractivity contribution in [2.24, 2.45) is 0 Å². The van der Waals surface area contributed by atoms with Gasteiger partial charge in [0.2, 0.25) is 5.95 Å². The largest absolute Gasteiger partial charge is 0.353 e. The van der Waals surface area contributed by atoms with E-state index in [1.165, 1.54) is 12.1 Å². The molecule has 0 saturated carbocycles. The van der Waals surface area contributed by atoms with Crippen LogP contribution in [0.1, 0.15) is 13.3 Å². The molecule has 1 unspecified atom stereocenters. The van der Waals surface area contributed by atoms with Gasteiger partial charge in [-0.2, -0.15) is 0 Å². The number of imidazole rings is 1. The maximum absolute atomic E-state index is 12.9.